The average Bonchev–Trinajstić information content (AvgIpc) is 2.34. The minimum absolute atomic E-state index is 0.222. The van der Waals surface area contributed by atoms with E-state index in [1.807, 2.05) is 0 Å². The molecular formula is C5H7BrN2OS. The van der Waals surface area contributed by atoms with Crippen LogP contribution in [0.25, 0.3) is 0 Å². The molecule has 1 aromatic rings. The number of halogens is 1. The Hall–Kier alpha value is 0.0300. The minimum Gasteiger partial charge on any atom is -0.385 e. The van der Waals surface area contributed by atoms with E-state index < -0.39 is 6.10 Å². The number of nitrogens with two attached hydrogens (primary N) is 1. The topological polar surface area (TPSA) is 59.1 Å². The molecular weight excluding hydrogens is 216 g/mol. The van der Waals surface area contributed by atoms with Gasteiger partial charge in [0.15, 0.2) is 0 Å². The number of rotatable bonds is 2. The number of aliphatic hydroxyl groups excluding tert-OH is 1. The van der Waals surface area contributed by atoms with Crippen molar-refractivity contribution in [3.63, 3.8) is 0 Å². The zero-order valence-electron chi connectivity index (χ0n) is 5.12. The van der Waals surface area contributed by atoms with Gasteiger partial charge in [-0.2, -0.15) is 0 Å². The normalized spacial score (nSPS) is 13.5. The molecule has 1 unspecified atom stereocenters. The first-order valence-electron chi connectivity index (χ1n) is 2.73. The van der Waals surface area contributed by atoms with E-state index in [1.54, 1.807) is 6.20 Å². The van der Waals surface area contributed by atoms with Gasteiger partial charge in [-0.3, -0.25) is 0 Å². The standard InChI is InChI=1S/C5H7BrN2OS/c6-4-2-8-5(10-4)3(9)1-7/h2-3,9H,1,7H2. The van der Waals surface area contributed by atoms with E-state index in [1.165, 1.54) is 11.3 Å². The van der Waals surface area contributed by atoms with E-state index in [4.69, 9.17) is 10.8 Å². The summed E-state index contributed by atoms with van der Waals surface area (Å²) >= 11 is 4.63. The molecule has 3 N–H and O–H groups in total. The quantitative estimate of drug-likeness (QED) is 0.782. The van der Waals surface area contributed by atoms with Crippen LogP contribution in [0, 0.1) is 0 Å². The van der Waals surface area contributed by atoms with Gasteiger partial charge in [0.1, 0.15) is 11.1 Å². The number of aliphatic hydroxyl groups is 1. The molecule has 1 rings (SSSR count). The van der Waals surface area contributed by atoms with Gasteiger partial charge in [-0.25, -0.2) is 4.98 Å². The van der Waals surface area contributed by atoms with Gasteiger partial charge >= 0.3 is 0 Å². The van der Waals surface area contributed by atoms with Crippen LogP contribution in [0.2, 0.25) is 0 Å². The lowest BCUT2D eigenvalue weighted by atomic mass is 10.4. The summed E-state index contributed by atoms with van der Waals surface area (Å²) in [5.41, 5.74) is 5.21. The Kier molecular flexibility index (Phi) is 2.79. The molecule has 0 spiro atoms. The first-order valence-corrected chi connectivity index (χ1v) is 4.34. The Labute approximate surface area is 71.0 Å². The van der Waals surface area contributed by atoms with Gasteiger partial charge < -0.3 is 10.8 Å². The smallest absolute Gasteiger partial charge is 0.124 e. The maximum atomic E-state index is 9.14. The van der Waals surface area contributed by atoms with Gasteiger partial charge in [0, 0.05) is 6.54 Å². The molecule has 1 atom stereocenters. The summed E-state index contributed by atoms with van der Waals surface area (Å²) in [5.74, 6) is 0. The van der Waals surface area contributed by atoms with Crippen LogP contribution in [0.1, 0.15) is 11.1 Å². The van der Waals surface area contributed by atoms with Crippen molar-refractivity contribution in [2.24, 2.45) is 5.73 Å². The summed E-state index contributed by atoms with van der Waals surface area (Å²) in [6.07, 6.45) is 1.04. The number of hydrogen-bond donors (Lipinski definition) is 2. The molecule has 0 radical (unpaired) electrons. The van der Waals surface area contributed by atoms with Crippen LogP contribution >= 0.6 is 27.3 Å². The molecule has 3 nitrogen and oxygen atoms in total. The zero-order valence-corrected chi connectivity index (χ0v) is 7.52. The van der Waals surface area contributed by atoms with Crippen LogP contribution in [0.3, 0.4) is 0 Å². The van der Waals surface area contributed by atoms with E-state index in [9.17, 15) is 0 Å². The van der Waals surface area contributed by atoms with E-state index in [0.717, 1.165) is 3.79 Å². The number of nitrogens with zero attached hydrogens (tertiary/aromatic N) is 1. The molecule has 0 amide bonds. The van der Waals surface area contributed by atoms with E-state index in [-0.39, 0.29) is 6.54 Å². The second kappa shape index (κ2) is 3.43. The number of thiazole rings is 1. The summed E-state index contributed by atoms with van der Waals surface area (Å²) in [4.78, 5) is 3.93. The zero-order chi connectivity index (χ0) is 7.56. The third-order valence-electron chi connectivity index (χ3n) is 1.00. The monoisotopic (exact) mass is 222 g/mol. The fourth-order valence-corrected chi connectivity index (χ4v) is 1.76. The van der Waals surface area contributed by atoms with Crippen LogP contribution in [-0.4, -0.2) is 16.6 Å². The van der Waals surface area contributed by atoms with Crippen LogP contribution < -0.4 is 5.73 Å². The highest BCUT2D eigenvalue weighted by atomic mass is 79.9. The highest BCUT2D eigenvalue weighted by molar-refractivity contribution is 9.11. The SMILES string of the molecule is NCC(O)c1ncc(Br)s1. The second-order valence-electron chi connectivity index (χ2n) is 1.75. The van der Waals surface area contributed by atoms with Gasteiger partial charge in [-0.05, 0) is 15.9 Å². The third kappa shape index (κ3) is 1.76. The summed E-state index contributed by atoms with van der Waals surface area (Å²) in [7, 11) is 0. The Morgan fingerprint density at radius 1 is 1.90 bits per heavy atom. The van der Waals surface area contributed by atoms with Gasteiger partial charge in [0.05, 0.1) is 9.98 Å². The van der Waals surface area contributed by atoms with Gasteiger partial charge in [-0.15, -0.1) is 11.3 Å². The molecule has 0 aliphatic carbocycles. The van der Waals surface area contributed by atoms with Crippen molar-refractivity contribution in [1.29, 1.82) is 0 Å². The third-order valence-corrected chi connectivity index (χ3v) is 2.58. The van der Waals surface area contributed by atoms with E-state index in [0.29, 0.717) is 5.01 Å². The molecule has 56 valence electrons. The van der Waals surface area contributed by atoms with Crippen LogP contribution in [0.15, 0.2) is 9.98 Å². The molecule has 5 heteroatoms. The molecule has 0 aromatic carbocycles. The minimum atomic E-state index is -0.615. The molecule has 0 fully saturated rings. The Morgan fingerprint density at radius 2 is 2.60 bits per heavy atom. The molecule has 0 saturated carbocycles. The molecule has 0 saturated heterocycles. The molecule has 1 aromatic heterocycles. The van der Waals surface area contributed by atoms with Crippen LogP contribution in [0.5, 0.6) is 0 Å². The number of hydrogen-bond acceptors (Lipinski definition) is 4. The Balaban J connectivity index is 2.74. The van der Waals surface area contributed by atoms with Crippen molar-refractivity contribution in [2.45, 2.75) is 6.10 Å². The number of aromatic nitrogens is 1. The van der Waals surface area contributed by atoms with Crippen LogP contribution in [-0.2, 0) is 0 Å². The fourth-order valence-electron chi connectivity index (χ4n) is 0.522. The molecule has 1 heterocycles. The average molecular weight is 223 g/mol. The predicted octanol–water partition coefficient (Wildman–Crippen LogP) is 0.898. The lowest BCUT2D eigenvalue weighted by molar-refractivity contribution is 0.186. The summed E-state index contributed by atoms with van der Waals surface area (Å²) in [5, 5.41) is 9.81. The predicted molar refractivity (Wildman–Crippen MR) is 43.8 cm³/mol. The molecule has 0 aliphatic heterocycles. The first-order chi connectivity index (χ1) is 4.74. The second-order valence-corrected chi connectivity index (χ2v) is 4.20. The maximum absolute atomic E-state index is 9.14. The van der Waals surface area contributed by atoms with Gasteiger partial charge in [-0.1, -0.05) is 0 Å². The molecule has 0 bridgehead atoms. The van der Waals surface area contributed by atoms with Crippen molar-refractivity contribution < 1.29 is 5.11 Å². The lowest BCUT2D eigenvalue weighted by Gasteiger charge is -2.00. The molecule has 10 heavy (non-hydrogen) atoms. The van der Waals surface area contributed by atoms with E-state index >= 15 is 0 Å². The van der Waals surface area contributed by atoms with Gasteiger partial charge in [0.2, 0.25) is 0 Å². The van der Waals surface area contributed by atoms with Crippen molar-refractivity contribution in [1.82, 2.24) is 4.98 Å². The van der Waals surface area contributed by atoms with Gasteiger partial charge in [0.25, 0.3) is 0 Å². The molecule has 0 aliphatic rings. The Morgan fingerprint density at radius 3 is 3.00 bits per heavy atom. The maximum Gasteiger partial charge on any atom is 0.124 e. The Bertz CT molecular complexity index is 215. The van der Waals surface area contributed by atoms with E-state index in [2.05, 4.69) is 20.9 Å². The summed E-state index contributed by atoms with van der Waals surface area (Å²) in [6.45, 7) is 0.222. The summed E-state index contributed by atoms with van der Waals surface area (Å²) in [6, 6.07) is 0. The van der Waals surface area contributed by atoms with Crippen molar-refractivity contribution in [3.8, 4) is 0 Å². The van der Waals surface area contributed by atoms with Crippen LogP contribution in [0.4, 0.5) is 0 Å². The lowest BCUT2D eigenvalue weighted by Crippen LogP contribution is -2.10. The first kappa shape index (κ1) is 8.13. The highest BCUT2D eigenvalue weighted by Gasteiger charge is 2.08. The van der Waals surface area contributed by atoms with Crippen molar-refractivity contribution >= 4 is 27.3 Å². The fraction of sp³-hybridized carbons (Fsp3) is 0.400. The van der Waals surface area contributed by atoms with Crippen molar-refractivity contribution in [3.05, 3.63) is 15.0 Å². The largest absolute Gasteiger partial charge is 0.385 e. The summed E-state index contributed by atoms with van der Waals surface area (Å²) < 4.78 is 0.912. The van der Waals surface area contributed by atoms with Crippen molar-refractivity contribution in [2.75, 3.05) is 6.54 Å². The highest BCUT2D eigenvalue weighted by Crippen LogP contribution is 2.23.